The van der Waals surface area contributed by atoms with Crippen molar-refractivity contribution in [3.05, 3.63) is 71.7 Å². The van der Waals surface area contributed by atoms with Gasteiger partial charge in [-0.3, -0.25) is 14.9 Å². The van der Waals surface area contributed by atoms with Gasteiger partial charge < -0.3 is 14.6 Å². The molecule has 36 heavy (non-hydrogen) atoms. The van der Waals surface area contributed by atoms with E-state index in [9.17, 15) is 9.18 Å². The van der Waals surface area contributed by atoms with Crippen molar-refractivity contribution in [1.82, 2.24) is 24.6 Å². The van der Waals surface area contributed by atoms with Gasteiger partial charge in [-0.25, -0.2) is 13.8 Å². The van der Waals surface area contributed by atoms with Crippen LogP contribution in [0.4, 0.5) is 20.3 Å². The minimum absolute atomic E-state index is 0.0313. The van der Waals surface area contributed by atoms with Gasteiger partial charge in [0, 0.05) is 48.7 Å². The normalized spacial score (nSPS) is 17.0. The number of hydrogen-bond acceptors (Lipinski definition) is 5. The molecule has 0 spiro atoms. The van der Waals surface area contributed by atoms with Crippen molar-refractivity contribution in [2.75, 3.05) is 17.3 Å². The summed E-state index contributed by atoms with van der Waals surface area (Å²) in [4.78, 5) is 22.2. The highest BCUT2D eigenvalue weighted by atomic mass is 35.5. The summed E-state index contributed by atoms with van der Waals surface area (Å²) in [5, 5.41) is 10.4. The number of aromatic nitrogens is 5. The van der Waals surface area contributed by atoms with Gasteiger partial charge in [-0.2, -0.15) is 5.10 Å². The topological polar surface area (TPSA) is 91.2 Å². The fourth-order valence-electron chi connectivity index (χ4n) is 4.43. The second kappa shape index (κ2) is 8.56. The smallest absolute Gasteiger partial charge is 0.231 e. The second-order valence-corrected chi connectivity index (χ2v) is 9.26. The van der Waals surface area contributed by atoms with E-state index < -0.39 is 17.9 Å². The molecule has 0 bridgehead atoms. The van der Waals surface area contributed by atoms with Crippen LogP contribution in [0.1, 0.15) is 12.0 Å². The maximum absolute atomic E-state index is 15.8. The van der Waals surface area contributed by atoms with Crippen LogP contribution >= 0.6 is 11.6 Å². The van der Waals surface area contributed by atoms with Crippen LogP contribution in [0.3, 0.4) is 0 Å². The predicted molar refractivity (Wildman–Crippen MR) is 133 cm³/mol. The van der Waals surface area contributed by atoms with Crippen LogP contribution in [0.5, 0.6) is 0 Å². The zero-order chi connectivity index (χ0) is 25.0. The number of hydrogen-bond donors (Lipinski definition) is 2. The number of carbonyl (C=O) groups excluding carboxylic acids is 1. The maximum atomic E-state index is 15.8. The minimum atomic E-state index is -1.09. The average Bonchev–Trinajstić information content (AvgIpc) is 3.22. The molecule has 2 N–H and O–H groups in total. The molecule has 1 fully saturated rings. The Kier molecular flexibility index (Phi) is 5.33. The van der Waals surface area contributed by atoms with Crippen molar-refractivity contribution in [2.45, 2.75) is 19.1 Å². The first-order chi connectivity index (χ1) is 17.4. The maximum Gasteiger partial charge on any atom is 0.231 e. The van der Waals surface area contributed by atoms with Crippen LogP contribution in [-0.2, 0) is 11.3 Å². The molecule has 11 heteroatoms. The molecular weight excluding hydrogens is 488 g/mol. The number of aromatic amines is 1. The van der Waals surface area contributed by atoms with Crippen LogP contribution in [0.15, 0.2) is 55.2 Å². The number of nitrogens with zero attached hydrogens (tertiary/aromatic N) is 5. The first kappa shape index (κ1) is 22.4. The zero-order valence-corrected chi connectivity index (χ0v) is 19.8. The van der Waals surface area contributed by atoms with E-state index in [0.29, 0.717) is 45.7 Å². The van der Waals surface area contributed by atoms with Gasteiger partial charge in [0.05, 0.1) is 28.9 Å². The van der Waals surface area contributed by atoms with Crippen molar-refractivity contribution < 1.29 is 13.6 Å². The van der Waals surface area contributed by atoms with Gasteiger partial charge >= 0.3 is 0 Å². The number of benzene rings is 1. The lowest BCUT2D eigenvalue weighted by Gasteiger charge is -2.22. The molecule has 0 saturated heterocycles. The first-order valence-corrected chi connectivity index (χ1v) is 11.7. The number of H-pyrrole nitrogens is 1. The van der Waals surface area contributed by atoms with Crippen molar-refractivity contribution in [1.29, 1.82) is 0 Å². The number of pyridine rings is 2. The molecule has 1 aliphatic carbocycles. The summed E-state index contributed by atoms with van der Waals surface area (Å²) in [5.74, 6) is -1.25. The Morgan fingerprint density at radius 2 is 2.06 bits per heavy atom. The molecule has 0 radical (unpaired) electrons. The van der Waals surface area contributed by atoms with E-state index in [2.05, 4.69) is 25.5 Å². The van der Waals surface area contributed by atoms with Gasteiger partial charge in [0.15, 0.2) is 11.6 Å². The highest BCUT2D eigenvalue weighted by Crippen LogP contribution is 2.43. The van der Waals surface area contributed by atoms with Crippen LogP contribution in [0.25, 0.3) is 27.7 Å². The number of amides is 1. The van der Waals surface area contributed by atoms with Crippen molar-refractivity contribution in [3.8, 4) is 11.1 Å². The molecule has 5 aromatic rings. The number of alkyl halides is 1. The standard InChI is InChI=1S/C25H20ClF2N7O/c1-34(10-13-4-6-29-7-5-13)24-22(28)21(26)20(16-9-30-33-23(16)24)14-2-3-19-31-18(12-35(19)11-14)32-25(36)15-8-17(15)27/h2-7,9,11-12,15,17H,8,10H2,1H3,(H,30,33)(H,32,36)/t15-,17+/m1/s1. The van der Waals surface area contributed by atoms with Crippen LogP contribution in [-0.4, -0.2) is 43.7 Å². The molecule has 2 atom stereocenters. The lowest BCUT2D eigenvalue weighted by atomic mass is 10.0. The molecule has 1 aliphatic rings. The minimum Gasteiger partial charge on any atom is -0.366 e. The zero-order valence-electron chi connectivity index (χ0n) is 19.0. The summed E-state index contributed by atoms with van der Waals surface area (Å²) in [6, 6.07) is 7.25. The Hall–Kier alpha value is -4.05. The average molecular weight is 508 g/mol. The Bertz CT molecular complexity index is 1620. The number of nitrogens with one attached hydrogen (secondary N) is 2. The predicted octanol–water partition coefficient (Wildman–Crippen LogP) is 5.00. The molecular formula is C25H20ClF2N7O. The van der Waals surface area contributed by atoms with Gasteiger partial charge in [-0.15, -0.1) is 0 Å². The fourth-order valence-corrected chi connectivity index (χ4v) is 4.73. The molecule has 182 valence electrons. The molecule has 1 saturated carbocycles. The third kappa shape index (κ3) is 3.83. The Labute approximate surface area is 208 Å². The Morgan fingerprint density at radius 1 is 1.28 bits per heavy atom. The van der Waals surface area contributed by atoms with Crippen molar-refractivity contribution in [2.24, 2.45) is 5.92 Å². The van der Waals surface area contributed by atoms with E-state index >= 15 is 4.39 Å². The molecule has 4 heterocycles. The summed E-state index contributed by atoms with van der Waals surface area (Å²) in [6.07, 6.45) is 7.52. The van der Waals surface area contributed by atoms with Gasteiger partial charge in [0.1, 0.15) is 17.5 Å². The van der Waals surface area contributed by atoms with Gasteiger partial charge in [-0.1, -0.05) is 11.6 Å². The van der Waals surface area contributed by atoms with E-state index in [-0.39, 0.29) is 17.4 Å². The monoisotopic (exact) mass is 507 g/mol. The van der Waals surface area contributed by atoms with E-state index in [4.69, 9.17) is 11.6 Å². The van der Waals surface area contributed by atoms with Crippen LogP contribution < -0.4 is 10.2 Å². The van der Waals surface area contributed by atoms with E-state index in [1.54, 1.807) is 59.5 Å². The summed E-state index contributed by atoms with van der Waals surface area (Å²) < 4.78 is 30.6. The summed E-state index contributed by atoms with van der Waals surface area (Å²) >= 11 is 6.63. The lowest BCUT2D eigenvalue weighted by Crippen LogP contribution is -2.18. The van der Waals surface area contributed by atoms with E-state index in [0.717, 1.165) is 5.56 Å². The number of carbonyl (C=O) groups is 1. The molecule has 1 amide bonds. The number of imidazole rings is 1. The lowest BCUT2D eigenvalue weighted by molar-refractivity contribution is -0.117. The number of halogens is 3. The molecule has 8 nitrogen and oxygen atoms in total. The summed E-state index contributed by atoms with van der Waals surface area (Å²) in [7, 11) is 1.79. The van der Waals surface area contributed by atoms with Crippen LogP contribution in [0.2, 0.25) is 5.02 Å². The number of rotatable bonds is 6. The van der Waals surface area contributed by atoms with Crippen molar-refractivity contribution >= 4 is 45.6 Å². The van der Waals surface area contributed by atoms with Gasteiger partial charge in [-0.05, 0) is 36.2 Å². The van der Waals surface area contributed by atoms with Crippen LogP contribution in [0, 0.1) is 11.7 Å². The molecule has 0 aliphatic heterocycles. The molecule has 0 unspecified atom stereocenters. The largest absolute Gasteiger partial charge is 0.366 e. The Morgan fingerprint density at radius 3 is 2.81 bits per heavy atom. The molecule has 6 rings (SSSR count). The van der Waals surface area contributed by atoms with E-state index in [1.807, 2.05) is 12.1 Å². The Balaban J connectivity index is 1.38. The van der Waals surface area contributed by atoms with E-state index in [1.165, 1.54) is 0 Å². The first-order valence-electron chi connectivity index (χ1n) is 11.3. The SMILES string of the molecule is CN(Cc1ccncc1)c1c(F)c(Cl)c(-c2ccc3nc(NC(=O)[C@@H]4C[C@@H]4F)cn3c2)c2cn[nH]c12. The molecule has 4 aromatic heterocycles. The van der Waals surface area contributed by atoms with Crippen molar-refractivity contribution in [3.63, 3.8) is 0 Å². The molecule has 1 aromatic carbocycles. The number of fused-ring (bicyclic) bond motifs is 2. The quantitative estimate of drug-likeness (QED) is 0.337. The third-order valence-corrected chi connectivity index (χ3v) is 6.71. The van der Waals surface area contributed by atoms with Gasteiger partial charge in [0.25, 0.3) is 0 Å². The number of anilines is 2. The highest BCUT2D eigenvalue weighted by molar-refractivity contribution is 6.36. The second-order valence-electron chi connectivity index (χ2n) is 8.88. The summed E-state index contributed by atoms with van der Waals surface area (Å²) in [6.45, 7) is 0.447. The fraction of sp³-hybridized carbons (Fsp3) is 0.200. The third-order valence-electron chi connectivity index (χ3n) is 6.36. The van der Waals surface area contributed by atoms with Gasteiger partial charge in [0.2, 0.25) is 5.91 Å². The summed E-state index contributed by atoms with van der Waals surface area (Å²) in [5.41, 5.74) is 3.49. The highest BCUT2D eigenvalue weighted by Gasteiger charge is 2.43.